The molecule has 0 unspecified atom stereocenters. The van der Waals surface area contributed by atoms with Gasteiger partial charge in [0.2, 0.25) is 6.20 Å². The van der Waals surface area contributed by atoms with E-state index in [2.05, 4.69) is 5.10 Å². The highest BCUT2D eigenvalue weighted by Crippen LogP contribution is 2.16. The van der Waals surface area contributed by atoms with Crippen LogP contribution in [0.3, 0.4) is 0 Å². The normalized spacial score (nSPS) is 10.9. The van der Waals surface area contributed by atoms with Crippen molar-refractivity contribution in [2.75, 3.05) is 0 Å². The Morgan fingerprint density at radius 3 is 2.83 bits per heavy atom. The van der Waals surface area contributed by atoms with Gasteiger partial charge >= 0.3 is 0 Å². The zero-order valence-corrected chi connectivity index (χ0v) is 9.16. The largest absolute Gasteiger partial charge is 0.283 e. The summed E-state index contributed by atoms with van der Waals surface area (Å²) < 4.78 is 1.59. The summed E-state index contributed by atoms with van der Waals surface area (Å²) in [5.41, 5.74) is 0.695. The summed E-state index contributed by atoms with van der Waals surface area (Å²) in [6.07, 6.45) is 1.72. The Labute approximate surface area is 100 Å². The van der Waals surface area contributed by atoms with E-state index in [0.717, 1.165) is 0 Å². The fourth-order valence-corrected chi connectivity index (χ4v) is 1.92. The van der Waals surface area contributed by atoms with Gasteiger partial charge in [-0.3, -0.25) is 14.9 Å². The molecule has 1 N–H and O–H groups in total. The highest BCUT2D eigenvalue weighted by Gasteiger charge is 2.14. The fourth-order valence-electron chi connectivity index (χ4n) is 1.92. The van der Waals surface area contributed by atoms with Gasteiger partial charge in [0, 0.05) is 24.3 Å². The van der Waals surface area contributed by atoms with Crippen molar-refractivity contribution < 1.29 is 9.44 Å². The lowest BCUT2D eigenvalue weighted by Crippen LogP contribution is -2.32. The van der Waals surface area contributed by atoms with Crippen molar-refractivity contribution in [1.82, 2.24) is 5.10 Å². The van der Waals surface area contributed by atoms with Crippen molar-refractivity contribution in [2.45, 2.75) is 0 Å². The third-order valence-corrected chi connectivity index (χ3v) is 2.79. The molecule has 3 aromatic rings. The van der Waals surface area contributed by atoms with Crippen molar-refractivity contribution >= 4 is 22.1 Å². The number of nitro groups is 1. The molecule has 2 heterocycles. The second-order valence-corrected chi connectivity index (χ2v) is 3.88. The number of benzene rings is 1. The highest BCUT2D eigenvalue weighted by atomic mass is 16.6. The predicted octanol–water partition coefficient (Wildman–Crippen LogP) is 1.18. The summed E-state index contributed by atoms with van der Waals surface area (Å²) in [6.45, 7) is 0. The van der Waals surface area contributed by atoms with Crippen LogP contribution >= 0.6 is 0 Å². The predicted molar refractivity (Wildman–Crippen MR) is 64.4 cm³/mol. The summed E-state index contributed by atoms with van der Waals surface area (Å²) in [7, 11) is 0. The number of aromatic amines is 1. The standard InChI is InChI=1S/C12H7N3O3/c16-12-9-7-8(15(17)18)4-5-10(9)13-14-6-2-1-3-11(12)14/h1-7H/p+1. The van der Waals surface area contributed by atoms with Gasteiger partial charge in [0.05, 0.1) is 10.3 Å². The molecule has 1 aromatic carbocycles. The number of nitrogens with one attached hydrogen (secondary N) is 1. The minimum atomic E-state index is -0.513. The van der Waals surface area contributed by atoms with Crippen LogP contribution in [-0.4, -0.2) is 10.0 Å². The van der Waals surface area contributed by atoms with Gasteiger partial charge in [-0.2, -0.15) is 5.10 Å². The van der Waals surface area contributed by atoms with Crippen molar-refractivity contribution in [2.24, 2.45) is 0 Å². The molecule has 2 aromatic heterocycles. The molecule has 0 aliphatic heterocycles. The molecule has 18 heavy (non-hydrogen) atoms. The van der Waals surface area contributed by atoms with E-state index >= 15 is 0 Å². The Morgan fingerprint density at radius 2 is 2.06 bits per heavy atom. The first-order valence-electron chi connectivity index (χ1n) is 5.28. The highest BCUT2D eigenvalue weighted by molar-refractivity contribution is 5.82. The Balaban J connectivity index is 2.49. The average molecular weight is 242 g/mol. The zero-order valence-electron chi connectivity index (χ0n) is 9.16. The number of pyridine rings is 1. The molecule has 0 amide bonds. The molecule has 0 atom stereocenters. The minimum absolute atomic E-state index is 0.0896. The first kappa shape index (κ1) is 10.4. The molecule has 6 heteroatoms. The Kier molecular flexibility index (Phi) is 2.09. The molecular weight excluding hydrogens is 234 g/mol. The van der Waals surface area contributed by atoms with E-state index in [1.807, 2.05) is 0 Å². The fraction of sp³-hybridized carbons (Fsp3) is 0. The van der Waals surface area contributed by atoms with Crippen LogP contribution in [0.2, 0.25) is 0 Å². The molecule has 0 spiro atoms. The van der Waals surface area contributed by atoms with Crippen LogP contribution < -0.4 is 9.94 Å². The van der Waals surface area contributed by atoms with E-state index < -0.39 is 4.92 Å². The molecule has 88 valence electrons. The van der Waals surface area contributed by atoms with Crippen molar-refractivity contribution in [1.29, 1.82) is 0 Å². The van der Waals surface area contributed by atoms with Crippen molar-refractivity contribution in [3.05, 3.63) is 62.9 Å². The smallest absolute Gasteiger partial charge is 0.282 e. The molecule has 3 rings (SSSR count). The van der Waals surface area contributed by atoms with Crippen molar-refractivity contribution in [3.63, 3.8) is 0 Å². The van der Waals surface area contributed by atoms with Crippen molar-refractivity contribution in [3.8, 4) is 0 Å². The van der Waals surface area contributed by atoms with Gasteiger partial charge in [0.1, 0.15) is 5.52 Å². The van der Waals surface area contributed by atoms with E-state index in [0.29, 0.717) is 16.4 Å². The van der Waals surface area contributed by atoms with Gasteiger partial charge in [0.15, 0.2) is 0 Å². The van der Waals surface area contributed by atoms with Crippen LogP contribution in [0.4, 0.5) is 5.69 Å². The van der Waals surface area contributed by atoms with Crippen LogP contribution in [-0.2, 0) is 0 Å². The summed E-state index contributed by atoms with van der Waals surface area (Å²) in [4.78, 5) is 22.4. The molecule has 0 aliphatic carbocycles. The second kappa shape index (κ2) is 3.63. The SMILES string of the molecule is O=c1c2cc([N+](=O)[O-])ccc2[nH][n+]2ccccc12. The zero-order chi connectivity index (χ0) is 12.7. The number of non-ortho nitro benzene ring substituents is 1. The number of rotatable bonds is 1. The van der Waals surface area contributed by atoms with Gasteiger partial charge in [0.25, 0.3) is 16.6 Å². The van der Waals surface area contributed by atoms with Crippen LogP contribution in [0.5, 0.6) is 0 Å². The molecular formula is C12H8N3O3+. The summed E-state index contributed by atoms with van der Waals surface area (Å²) in [6, 6.07) is 9.40. The monoisotopic (exact) mass is 242 g/mol. The average Bonchev–Trinajstić information content (AvgIpc) is 2.38. The van der Waals surface area contributed by atoms with Gasteiger partial charge < -0.3 is 0 Å². The van der Waals surface area contributed by atoms with E-state index in [4.69, 9.17) is 0 Å². The Hall–Kier alpha value is -2.76. The number of hydrogen-bond acceptors (Lipinski definition) is 3. The van der Waals surface area contributed by atoms with Crippen LogP contribution in [0.25, 0.3) is 16.4 Å². The maximum absolute atomic E-state index is 12.2. The quantitative estimate of drug-likeness (QED) is 0.301. The molecule has 0 bridgehead atoms. The topological polar surface area (TPSA) is 80.1 Å². The molecule has 0 radical (unpaired) electrons. The molecule has 0 saturated heterocycles. The summed E-state index contributed by atoms with van der Waals surface area (Å²) >= 11 is 0. The second-order valence-electron chi connectivity index (χ2n) is 3.88. The molecule has 0 fully saturated rings. The molecule has 0 aliphatic rings. The summed E-state index contributed by atoms with van der Waals surface area (Å²) in [5.74, 6) is 0. The van der Waals surface area contributed by atoms with E-state index in [1.54, 1.807) is 28.9 Å². The number of nitro benzene ring substituents is 1. The lowest BCUT2D eigenvalue weighted by molar-refractivity contribution is -0.578. The van der Waals surface area contributed by atoms with E-state index in [-0.39, 0.29) is 11.1 Å². The number of fused-ring (bicyclic) bond motifs is 2. The Bertz CT molecular complexity index is 839. The van der Waals surface area contributed by atoms with Crippen LogP contribution in [0.15, 0.2) is 47.4 Å². The molecule has 6 nitrogen and oxygen atoms in total. The Morgan fingerprint density at radius 1 is 1.22 bits per heavy atom. The third kappa shape index (κ3) is 1.43. The first-order valence-corrected chi connectivity index (χ1v) is 5.28. The lowest BCUT2D eigenvalue weighted by Gasteiger charge is -1.96. The number of H-pyrrole nitrogens is 1. The first-order chi connectivity index (χ1) is 8.66. The molecule has 0 saturated carbocycles. The van der Waals surface area contributed by atoms with Gasteiger partial charge in [-0.05, 0) is 12.1 Å². The maximum Gasteiger partial charge on any atom is 0.283 e. The van der Waals surface area contributed by atoms with Crippen LogP contribution in [0, 0.1) is 10.1 Å². The number of aromatic nitrogens is 2. The maximum atomic E-state index is 12.2. The van der Waals surface area contributed by atoms with Gasteiger partial charge in [-0.25, -0.2) is 0 Å². The van der Waals surface area contributed by atoms with Gasteiger partial charge in [-0.15, -0.1) is 0 Å². The van der Waals surface area contributed by atoms with E-state index in [1.165, 1.54) is 18.2 Å². The summed E-state index contributed by atoms with van der Waals surface area (Å²) in [5, 5.41) is 14.0. The third-order valence-electron chi connectivity index (χ3n) is 2.79. The number of hydrogen-bond donors (Lipinski definition) is 1. The van der Waals surface area contributed by atoms with Crippen LogP contribution in [0.1, 0.15) is 0 Å². The lowest BCUT2D eigenvalue weighted by atomic mass is 10.2. The van der Waals surface area contributed by atoms with E-state index in [9.17, 15) is 14.9 Å². The minimum Gasteiger partial charge on any atom is -0.282 e. The number of nitrogens with zero attached hydrogens (tertiary/aromatic N) is 2. The van der Waals surface area contributed by atoms with Gasteiger partial charge in [-0.1, -0.05) is 4.52 Å².